The number of guanidine groups is 1. The van der Waals surface area contributed by atoms with Crippen molar-refractivity contribution in [3.8, 4) is 0 Å². The Hall–Kier alpha value is -1.67. The number of aryl methyl sites for hydroxylation is 1. The molecule has 1 spiro atoms. The molecule has 2 aliphatic rings. The molecule has 1 aliphatic heterocycles. The number of aliphatic imine (C=N–C) groups is 1. The third kappa shape index (κ3) is 5.42. The Kier molecular flexibility index (Phi) is 7.07. The van der Waals surface area contributed by atoms with Crippen molar-refractivity contribution in [2.75, 3.05) is 26.9 Å². The number of hydrogen-bond donors (Lipinski definition) is 2. The molecule has 8 heteroatoms. The average molecular weight is 379 g/mol. The Morgan fingerprint density at radius 2 is 2.19 bits per heavy atom. The van der Waals surface area contributed by atoms with E-state index in [1.807, 2.05) is 18.5 Å². The second kappa shape index (κ2) is 9.50. The minimum atomic E-state index is 0.0950. The van der Waals surface area contributed by atoms with Gasteiger partial charge >= 0.3 is 0 Å². The molecular formula is C19H34N6O2. The number of ether oxygens (including phenoxy) is 2. The van der Waals surface area contributed by atoms with Gasteiger partial charge in [-0.3, -0.25) is 0 Å². The Balaban J connectivity index is 1.61. The maximum absolute atomic E-state index is 6.16. The highest BCUT2D eigenvalue weighted by atomic mass is 16.5. The summed E-state index contributed by atoms with van der Waals surface area (Å²) in [6.07, 6.45) is 7.98. The van der Waals surface area contributed by atoms with Gasteiger partial charge in [0.05, 0.1) is 5.60 Å². The maximum Gasteiger partial charge on any atom is 0.191 e. The molecule has 0 radical (unpaired) electrons. The number of hydrogen-bond acceptors (Lipinski definition) is 5. The van der Waals surface area contributed by atoms with Crippen molar-refractivity contribution < 1.29 is 9.47 Å². The molecule has 3 rings (SSSR count). The van der Waals surface area contributed by atoms with Crippen LogP contribution in [0.2, 0.25) is 0 Å². The molecule has 0 amide bonds. The summed E-state index contributed by atoms with van der Waals surface area (Å²) in [5, 5.41) is 15.4. The SMILES string of the molecule is COCCCNC(=NCc1nnc(C)n1C)NC1CCOC2(CCCC2)C1. The average Bonchev–Trinajstić information content (AvgIpc) is 3.24. The van der Waals surface area contributed by atoms with Gasteiger partial charge in [0.2, 0.25) is 0 Å². The fourth-order valence-electron chi connectivity index (χ4n) is 4.03. The van der Waals surface area contributed by atoms with Crippen LogP contribution in [0, 0.1) is 6.92 Å². The highest BCUT2D eigenvalue weighted by Gasteiger charge is 2.40. The van der Waals surface area contributed by atoms with Crippen LogP contribution in [0.25, 0.3) is 0 Å². The molecule has 0 aromatic carbocycles. The van der Waals surface area contributed by atoms with Crippen LogP contribution in [-0.4, -0.2) is 59.2 Å². The van der Waals surface area contributed by atoms with Crippen LogP contribution in [0.4, 0.5) is 0 Å². The summed E-state index contributed by atoms with van der Waals surface area (Å²) in [6.45, 7) is 4.85. The highest BCUT2D eigenvalue weighted by molar-refractivity contribution is 5.80. The highest BCUT2D eigenvalue weighted by Crippen LogP contribution is 2.39. The predicted octanol–water partition coefficient (Wildman–Crippen LogP) is 1.69. The molecule has 1 aliphatic carbocycles. The van der Waals surface area contributed by atoms with E-state index in [9.17, 15) is 0 Å². The molecule has 27 heavy (non-hydrogen) atoms. The number of nitrogens with one attached hydrogen (secondary N) is 2. The monoisotopic (exact) mass is 378 g/mol. The van der Waals surface area contributed by atoms with Gasteiger partial charge in [0.1, 0.15) is 12.4 Å². The molecule has 1 aromatic heterocycles. The molecule has 152 valence electrons. The minimum absolute atomic E-state index is 0.0950. The van der Waals surface area contributed by atoms with Gasteiger partial charge in [-0.25, -0.2) is 4.99 Å². The maximum atomic E-state index is 6.16. The van der Waals surface area contributed by atoms with Crippen LogP contribution in [0.15, 0.2) is 4.99 Å². The van der Waals surface area contributed by atoms with Gasteiger partial charge in [-0.2, -0.15) is 0 Å². The summed E-state index contributed by atoms with van der Waals surface area (Å²) in [5.74, 6) is 2.60. The Bertz CT molecular complexity index is 624. The first-order chi connectivity index (χ1) is 13.1. The number of aromatic nitrogens is 3. The third-order valence-electron chi connectivity index (χ3n) is 5.73. The zero-order chi connectivity index (χ0) is 19.1. The molecule has 8 nitrogen and oxygen atoms in total. The van der Waals surface area contributed by atoms with E-state index in [0.717, 1.165) is 56.6 Å². The van der Waals surface area contributed by atoms with Gasteiger partial charge in [0.25, 0.3) is 0 Å². The van der Waals surface area contributed by atoms with Crippen molar-refractivity contribution >= 4 is 5.96 Å². The van der Waals surface area contributed by atoms with E-state index < -0.39 is 0 Å². The van der Waals surface area contributed by atoms with E-state index in [2.05, 4.69) is 20.8 Å². The Labute approximate surface area is 162 Å². The lowest BCUT2D eigenvalue weighted by Crippen LogP contribution is -2.50. The van der Waals surface area contributed by atoms with Gasteiger partial charge in [-0.05, 0) is 39.0 Å². The van der Waals surface area contributed by atoms with Gasteiger partial charge in [0, 0.05) is 40.0 Å². The van der Waals surface area contributed by atoms with E-state index in [1.54, 1.807) is 7.11 Å². The lowest BCUT2D eigenvalue weighted by molar-refractivity contribution is -0.0815. The molecule has 1 unspecified atom stereocenters. The minimum Gasteiger partial charge on any atom is -0.385 e. The van der Waals surface area contributed by atoms with Crippen molar-refractivity contribution in [2.45, 2.75) is 70.1 Å². The quantitative estimate of drug-likeness (QED) is 0.427. The molecule has 1 atom stereocenters. The standard InChI is InChI=1S/C19H34N6O2/c1-15-23-24-17(25(15)2)14-21-18(20-10-6-11-26-3)22-16-7-12-27-19(13-16)8-4-5-9-19/h16H,4-14H2,1-3H3,(H2,20,21,22). The van der Waals surface area contributed by atoms with E-state index in [1.165, 1.54) is 25.7 Å². The van der Waals surface area contributed by atoms with E-state index in [-0.39, 0.29) is 5.60 Å². The lowest BCUT2D eigenvalue weighted by Gasteiger charge is -2.39. The van der Waals surface area contributed by atoms with Gasteiger partial charge < -0.3 is 24.7 Å². The zero-order valence-electron chi connectivity index (χ0n) is 17.0. The normalized spacial score (nSPS) is 22.3. The van der Waals surface area contributed by atoms with E-state index >= 15 is 0 Å². The first-order valence-corrected chi connectivity index (χ1v) is 10.1. The summed E-state index contributed by atoms with van der Waals surface area (Å²) in [6, 6.07) is 0.395. The third-order valence-corrected chi connectivity index (χ3v) is 5.73. The van der Waals surface area contributed by atoms with Crippen molar-refractivity contribution in [1.29, 1.82) is 0 Å². The van der Waals surface area contributed by atoms with Crippen molar-refractivity contribution in [2.24, 2.45) is 12.0 Å². The molecule has 2 heterocycles. The predicted molar refractivity (Wildman–Crippen MR) is 105 cm³/mol. The van der Waals surface area contributed by atoms with Crippen LogP contribution >= 0.6 is 0 Å². The summed E-state index contributed by atoms with van der Waals surface area (Å²) in [7, 11) is 3.70. The lowest BCUT2D eigenvalue weighted by atomic mass is 9.89. The van der Waals surface area contributed by atoms with Crippen LogP contribution in [0.3, 0.4) is 0 Å². The summed E-state index contributed by atoms with van der Waals surface area (Å²) >= 11 is 0. The smallest absolute Gasteiger partial charge is 0.191 e. The molecule has 2 fully saturated rings. The first-order valence-electron chi connectivity index (χ1n) is 10.1. The van der Waals surface area contributed by atoms with Gasteiger partial charge in [-0.1, -0.05) is 12.8 Å². The van der Waals surface area contributed by atoms with E-state index in [0.29, 0.717) is 12.6 Å². The van der Waals surface area contributed by atoms with Crippen LogP contribution in [-0.2, 0) is 23.1 Å². The van der Waals surface area contributed by atoms with Crippen molar-refractivity contribution in [3.63, 3.8) is 0 Å². The molecule has 0 bridgehead atoms. The summed E-state index contributed by atoms with van der Waals surface area (Å²) < 4.78 is 13.3. The molecule has 1 saturated carbocycles. The fraction of sp³-hybridized carbons (Fsp3) is 0.842. The first kappa shape index (κ1) is 20.1. The summed E-state index contributed by atoms with van der Waals surface area (Å²) in [4.78, 5) is 4.76. The molecular weight excluding hydrogens is 344 g/mol. The second-order valence-corrected chi connectivity index (χ2v) is 7.73. The van der Waals surface area contributed by atoms with Crippen molar-refractivity contribution in [1.82, 2.24) is 25.4 Å². The van der Waals surface area contributed by atoms with Crippen molar-refractivity contribution in [3.05, 3.63) is 11.6 Å². The number of nitrogens with zero attached hydrogens (tertiary/aromatic N) is 4. The fourth-order valence-corrected chi connectivity index (χ4v) is 4.03. The number of rotatable bonds is 7. The van der Waals surface area contributed by atoms with Crippen LogP contribution < -0.4 is 10.6 Å². The van der Waals surface area contributed by atoms with Crippen LogP contribution in [0.5, 0.6) is 0 Å². The molecule has 1 saturated heterocycles. The Morgan fingerprint density at radius 3 is 2.89 bits per heavy atom. The number of methoxy groups -OCH3 is 1. The Morgan fingerprint density at radius 1 is 1.37 bits per heavy atom. The topological polar surface area (TPSA) is 85.6 Å². The van der Waals surface area contributed by atoms with Gasteiger partial charge in [0.15, 0.2) is 11.8 Å². The second-order valence-electron chi connectivity index (χ2n) is 7.73. The zero-order valence-corrected chi connectivity index (χ0v) is 17.0. The molecule has 2 N–H and O–H groups in total. The largest absolute Gasteiger partial charge is 0.385 e. The van der Waals surface area contributed by atoms with Crippen LogP contribution in [0.1, 0.15) is 56.6 Å². The summed E-state index contributed by atoms with van der Waals surface area (Å²) in [5.41, 5.74) is 0.0950. The molecule has 1 aromatic rings. The van der Waals surface area contributed by atoms with Gasteiger partial charge in [-0.15, -0.1) is 10.2 Å². The van der Waals surface area contributed by atoms with E-state index in [4.69, 9.17) is 14.5 Å².